The van der Waals surface area contributed by atoms with E-state index in [1.165, 1.54) is 6.42 Å². The van der Waals surface area contributed by atoms with Crippen molar-refractivity contribution in [3.8, 4) is 0 Å². The molecule has 108 valence electrons. The van der Waals surface area contributed by atoms with Gasteiger partial charge in [0.05, 0.1) is 0 Å². The minimum absolute atomic E-state index is 0.311. The van der Waals surface area contributed by atoms with Gasteiger partial charge in [-0.25, -0.2) is 5.84 Å². The lowest BCUT2D eigenvalue weighted by molar-refractivity contribution is 0.526. The number of nitrogens with two attached hydrogens (primary N) is 1. The van der Waals surface area contributed by atoms with Crippen molar-refractivity contribution in [3.63, 3.8) is 0 Å². The minimum Gasteiger partial charge on any atom is -0.352 e. The standard InChI is InChI=1S/C12H25N7/c1-8(2)6-7-9(3)14-10-15-11(18-13)17-12(16-10)19(4)5/h8-9H,6-7,13H2,1-5H3,(H2,14,15,16,17,18). The molecule has 1 unspecified atom stereocenters. The molecule has 4 N–H and O–H groups in total. The summed E-state index contributed by atoms with van der Waals surface area (Å²) in [6, 6.07) is 0.311. The van der Waals surface area contributed by atoms with E-state index in [9.17, 15) is 0 Å². The molecule has 0 aromatic carbocycles. The largest absolute Gasteiger partial charge is 0.352 e. The van der Waals surface area contributed by atoms with Crippen molar-refractivity contribution in [1.82, 2.24) is 15.0 Å². The highest BCUT2D eigenvalue weighted by molar-refractivity contribution is 5.42. The normalized spacial score (nSPS) is 12.4. The molecule has 0 bridgehead atoms. The van der Waals surface area contributed by atoms with Gasteiger partial charge in [-0.2, -0.15) is 15.0 Å². The Bertz CT molecular complexity index is 392. The first-order valence-electron chi connectivity index (χ1n) is 6.59. The summed E-state index contributed by atoms with van der Waals surface area (Å²) < 4.78 is 0. The molecule has 19 heavy (non-hydrogen) atoms. The minimum atomic E-state index is 0.311. The Hall–Kier alpha value is -1.63. The van der Waals surface area contributed by atoms with Crippen LogP contribution in [0.2, 0.25) is 0 Å². The van der Waals surface area contributed by atoms with E-state index in [0.29, 0.717) is 29.8 Å². The highest BCUT2D eigenvalue weighted by atomic mass is 15.4. The Balaban J connectivity index is 2.73. The summed E-state index contributed by atoms with van der Waals surface area (Å²) in [5, 5.41) is 3.28. The van der Waals surface area contributed by atoms with E-state index in [1.54, 1.807) is 0 Å². The summed E-state index contributed by atoms with van der Waals surface area (Å²) in [6.45, 7) is 6.56. The van der Waals surface area contributed by atoms with Gasteiger partial charge in [0.25, 0.3) is 0 Å². The van der Waals surface area contributed by atoms with Crippen LogP contribution in [0.3, 0.4) is 0 Å². The van der Waals surface area contributed by atoms with Crippen molar-refractivity contribution in [2.45, 2.75) is 39.7 Å². The average molecular weight is 267 g/mol. The van der Waals surface area contributed by atoms with E-state index >= 15 is 0 Å². The zero-order chi connectivity index (χ0) is 14.4. The van der Waals surface area contributed by atoms with Gasteiger partial charge in [0.2, 0.25) is 17.8 Å². The van der Waals surface area contributed by atoms with Gasteiger partial charge < -0.3 is 10.2 Å². The Morgan fingerprint density at radius 2 is 1.68 bits per heavy atom. The fourth-order valence-corrected chi connectivity index (χ4v) is 1.57. The van der Waals surface area contributed by atoms with Crippen LogP contribution in [0, 0.1) is 5.92 Å². The van der Waals surface area contributed by atoms with Crippen LogP contribution in [0.5, 0.6) is 0 Å². The number of nitrogen functional groups attached to an aromatic ring is 1. The number of rotatable bonds is 7. The summed E-state index contributed by atoms with van der Waals surface area (Å²) >= 11 is 0. The maximum Gasteiger partial charge on any atom is 0.243 e. The second-order valence-electron chi connectivity index (χ2n) is 5.34. The van der Waals surface area contributed by atoms with Crippen LogP contribution in [0.4, 0.5) is 17.8 Å². The number of aromatic nitrogens is 3. The quantitative estimate of drug-likeness (QED) is 0.509. The van der Waals surface area contributed by atoms with Crippen molar-refractivity contribution in [2.75, 3.05) is 29.7 Å². The number of nitrogens with one attached hydrogen (secondary N) is 2. The Kier molecular flexibility index (Phi) is 5.75. The molecule has 7 heteroatoms. The van der Waals surface area contributed by atoms with Crippen LogP contribution in [-0.2, 0) is 0 Å². The van der Waals surface area contributed by atoms with Gasteiger partial charge in [-0.1, -0.05) is 13.8 Å². The zero-order valence-electron chi connectivity index (χ0n) is 12.4. The maximum absolute atomic E-state index is 5.37. The summed E-state index contributed by atoms with van der Waals surface area (Å²) in [7, 11) is 3.75. The predicted molar refractivity (Wildman–Crippen MR) is 79.1 cm³/mol. The third-order valence-electron chi connectivity index (χ3n) is 2.71. The van der Waals surface area contributed by atoms with Crippen LogP contribution in [-0.4, -0.2) is 35.1 Å². The van der Waals surface area contributed by atoms with Gasteiger partial charge in [0.1, 0.15) is 0 Å². The molecule has 1 heterocycles. The van der Waals surface area contributed by atoms with E-state index in [-0.39, 0.29) is 0 Å². The van der Waals surface area contributed by atoms with E-state index in [0.717, 1.165) is 6.42 Å². The maximum atomic E-state index is 5.37. The lowest BCUT2D eigenvalue weighted by atomic mass is 10.0. The molecule has 0 saturated heterocycles. The molecule has 0 radical (unpaired) electrons. The molecule has 0 aliphatic carbocycles. The molecule has 0 amide bonds. The van der Waals surface area contributed by atoms with Crippen LogP contribution in [0.25, 0.3) is 0 Å². The lowest BCUT2D eigenvalue weighted by Gasteiger charge is -2.17. The van der Waals surface area contributed by atoms with Crippen molar-refractivity contribution in [1.29, 1.82) is 0 Å². The SMILES string of the molecule is CC(C)CCC(C)Nc1nc(NN)nc(N(C)C)n1. The number of hydrogen-bond acceptors (Lipinski definition) is 7. The highest BCUT2D eigenvalue weighted by Crippen LogP contribution is 2.14. The van der Waals surface area contributed by atoms with Crippen molar-refractivity contribution in [3.05, 3.63) is 0 Å². The van der Waals surface area contributed by atoms with E-state index in [4.69, 9.17) is 5.84 Å². The fraction of sp³-hybridized carbons (Fsp3) is 0.750. The summed E-state index contributed by atoms with van der Waals surface area (Å²) in [4.78, 5) is 14.5. The van der Waals surface area contributed by atoms with Gasteiger partial charge >= 0.3 is 0 Å². The molecule has 0 fully saturated rings. The Labute approximate surface area is 115 Å². The molecule has 0 saturated carbocycles. The first-order chi connectivity index (χ1) is 8.92. The Morgan fingerprint density at radius 3 is 2.21 bits per heavy atom. The molecule has 0 spiro atoms. The van der Waals surface area contributed by atoms with Crippen LogP contribution in [0.15, 0.2) is 0 Å². The fourth-order valence-electron chi connectivity index (χ4n) is 1.57. The molecular formula is C12H25N7. The smallest absolute Gasteiger partial charge is 0.243 e. The molecular weight excluding hydrogens is 242 g/mol. The van der Waals surface area contributed by atoms with Gasteiger partial charge in [-0.15, -0.1) is 0 Å². The molecule has 1 rings (SSSR count). The van der Waals surface area contributed by atoms with Crippen molar-refractivity contribution >= 4 is 17.8 Å². The number of hydrogen-bond donors (Lipinski definition) is 3. The molecule has 7 nitrogen and oxygen atoms in total. The van der Waals surface area contributed by atoms with E-state index in [2.05, 4.69) is 46.5 Å². The zero-order valence-corrected chi connectivity index (χ0v) is 12.4. The monoisotopic (exact) mass is 267 g/mol. The molecule has 0 aliphatic heterocycles. The van der Waals surface area contributed by atoms with Gasteiger partial charge in [0.15, 0.2) is 0 Å². The van der Waals surface area contributed by atoms with Crippen LogP contribution >= 0.6 is 0 Å². The molecule has 0 aliphatic rings. The summed E-state index contributed by atoms with van der Waals surface area (Å²) in [6.07, 6.45) is 2.24. The molecule has 1 aromatic heterocycles. The summed E-state index contributed by atoms with van der Waals surface area (Å²) in [5.41, 5.74) is 2.46. The van der Waals surface area contributed by atoms with E-state index < -0.39 is 0 Å². The van der Waals surface area contributed by atoms with E-state index in [1.807, 2.05) is 19.0 Å². The second kappa shape index (κ2) is 7.08. The first kappa shape index (κ1) is 15.4. The third kappa shape index (κ3) is 5.25. The second-order valence-corrected chi connectivity index (χ2v) is 5.34. The Morgan fingerprint density at radius 1 is 1.05 bits per heavy atom. The number of anilines is 3. The lowest BCUT2D eigenvalue weighted by Crippen LogP contribution is -2.22. The average Bonchev–Trinajstić information content (AvgIpc) is 2.35. The first-order valence-corrected chi connectivity index (χ1v) is 6.59. The van der Waals surface area contributed by atoms with Crippen molar-refractivity contribution in [2.24, 2.45) is 11.8 Å². The molecule has 1 aromatic rings. The van der Waals surface area contributed by atoms with Crippen LogP contribution in [0.1, 0.15) is 33.6 Å². The van der Waals surface area contributed by atoms with Gasteiger partial charge in [0, 0.05) is 20.1 Å². The van der Waals surface area contributed by atoms with Crippen molar-refractivity contribution < 1.29 is 0 Å². The summed E-state index contributed by atoms with van der Waals surface area (Å²) in [5.74, 6) is 7.54. The third-order valence-corrected chi connectivity index (χ3v) is 2.71. The highest BCUT2D eigenvalue weighted by Gasteiger charge is 2.10. The number of hydrazine groups is 1. The molecule has 1 atom stereocenters. The topological polar surface area (TPSA) is 92.0 Å². The van der Waals surface area contributed by atoms with Gasteiger partial charge in [-0.05, 0) is 25.7 Å². The van der Waals surface area contributed by atoms with Crippen LogP contribution < -0.4 is 21.5 Å². The number of nitrogens with zero attached hydrogens (tertiary/aromatic N) is 4. The predicted octanol–water partition coefficient (Wildman–Crippen LogP) is 1.46. The van der Waals surface area contributed by atoms with Gasteiger partial charge in [-0.3, -0.25) is 5.43 Å².